The molecule has 124 valence electrons. The second-order valence-corrected chi connectivity index (χ2v) is 6.06. The van der Waals surface area contributed by atoms with E-state index < -0.39 is 35.6 Å². The number of carboxylic acids is 1. The SMILES string of the molecule is O=C(O)C1CCCN1C(=O)C1CC1c1ccccc1C(F)(F)F. The number of nitrogens with zero attached hydrogens (tertiary/aromatic N) is 1. The summed E-state index contributed by atoms with van der Waals surface area (Å²) in [6.45, 7) is 0.361. The summed E-state index contributed by atoms with van der Waals surface area (Å²) in [6.07, 6.45) is -3.10. The van der Waals surface area contributed by atoms with E-state index in [2.05, 4.69) is 0 Å². The number of hydrogen-bond acceptors (Lipinski definition) is 2. The van der Waals surface area contributed by atoms with Gasteiger partial charge in [0.05, 0.1) is 5.56 Å². The average Bonchev–Trinajstić information content (AvgIpc) is 3.13. The van der Waals surface area contributed by atoms with Crippen molar-refractivity contribution in [2.75, 3.05) is 6.54 Å². The molecule has 23 heavy (non-hydrogen) atoms. The first-order chi connectivity index (χ1) is 10.8. The van der Waals surface area contributed by atoms with Crippen LogP contribution in [0.3, 0.4) is 0 Å². The van der Waals surface area contributed by atoms with E-state index in [1.807, 2.05) is 0 Å². The van der Waals surface area contributed by atoms with Crippen molar-refractivity contribution in [3.8, 4) is 0 Å². The van der Waals surface area contributed by atoms with Crippen molar-refractivity contribution in [2.24, 2.45) is 5.92 Å². The number of aliphatic carboxylic acids is 1. The standard InChI is InChI=1S/C16H16F3NO3/c17-16(18,19)12-5-2-1-4-9(12)10-8-11(10)14(21)20-7-3-6-13(20)15(22)23/h1-2,4-5,10-11,13H,3,6-8H2,(H,22,23). The van der Waals surface area contributed by atoms with E-state index in [0.717, 1.165) is 6.07 Å². The Kier molecular flexibility index (Phi) is 3.82. The van der Waals surface area contributed by atoms with Gasteiger partial charge in [-0.05, 0) is 36.8 Å². The van der Waals surface area contributed by atoms with Gasteiger partial charge >= 0.3 is 12.1 Å². The highest BCUT2D eigenvalue weighted by Crippen LogP contribution is 2.52. The summed E-state index contributed by atoms with van der Waals surface area (Å²) in [6, 6.07) is 4.43. The molecule has 1 N–H and O–H groups in total. The van der Waals surface area contributed by atoms with Gasteiger partial charge < -0.3 is 10.0 Å². The highest BCUT2D eigenvalue weighted by Gasteiger charge is 2.51. The minimum absolute atomic E-state index is 0.129. The van der Waals surface area contributed by atoms with Crippen molar-refractivity contribution >= 4 is 11.9 Å². The molecule has 2 aliphatic rings. The molecule has 3 unspecified atom stereocenters. The van der Waals surface area contributed by atoms with Gasteiger partial charge in [-0.15, -0.1) is 0 Å². The highest BCUT2D eigenvalue weighted by molar-refractivity contribution is 5.88. The smallest absolute Gasteiger partial charge is 0.416 e. The average molecular weight is 327 g/mol. The van der Waals surface area contributed by atoms with Crippen LogP contribution in [0, 0.1) is 5.92 Å². The molecule has 0 spiro atoms. The Morgan fingerprint density at radius 2 is 1.91 bits per heavy atom. The van der Waals surface area contributed by atoms with E-state index in [9.17, 15) is 22.8 Å². The lowest BCUT2D eigenvalue weighted by Crippen LogP contribution is -2.41. The first-order valence-electron chi connectivity index (χ1n) is 7.50. The zero-order valence-corrected chi connectivity index (χ0v) is 12.2. The second kappa shape index (κ2) is 5.54. The third kappa shape index (κ3) is 2.92. The maximum atomic E-state index is 13.1. The van der Waals surface area contributed by atoms with Gasteiger partial charge in [0.25, 0.3) is 0 Å². The van der Waals surface area contributed by atoms with E-state index >= 15 is 0 Å². The number of carbonyl (C=O) groups excluding carboxylic acids is 1. The predicted octanol–water partition coefficient (Wildman–Crippen LogP) is 2.88. The quantitative estimate of drug-likeness (QED) is 0.929. The Morgan fingerprint density at radius 1 is 1.22 bits per heavy atom. The van der Waals surface area contributed by atoms with Gasteiger partial charge in [0.15, 0.2) is 0 Å². The van der Waals surface area contributed by atoms with Crippen LogP contribution in [-0.4, -0.2) is 34.5 Å². The molecule has 2 fully saturated rings. The minimum Gasteiger partial charge on any atom is -0.480 e. The summed E-state index contributed by atoms with van der Waals surface area (Å²) < 4.78 is 39.2. The van der Waals surface area contributed by atoms with Crippen molar-refractivity contribution in [3.63, 3.8) is 0 Å². The fraction of sp³-hybridized carbons (Fsp3) is 0.500. The summed E-state index contributed by atoms with van der Waals surface area (Å²) in [7, 11) is 0. The number of hydrogen-bond donors (Lipinski definition) is 1. The van der Waals surface area contributed by atoms with E-state index in [4.69, 9.17) is 5.11 Å². The van der Waals surface area contributed by atoms with Crippen molar-refractivity contribution in [2.45, 2.75) is 37.4 Å². The summed E-state index contributed by atoms with van der Waals surface area (Å²) in [4.78, 5) is 24.9. The number of amides is 1. The van der Waals surface area contributed by atoms with Crippen LogP contribution in [0.15, 0.2) is 24.3 Å². The van der Waals surface area contributed by atoms with Gasteiger partial charge in [-0.1, -0.05) is 18.2 Å². The van der Waals surface area contributed by atoms with Crippen LogP contribution in [0.5, 0.6) is 0 Å². The van der Waals surface area contributed by atoms with Gasteiger partial charge in [-0.3, -0.25) is 4.79 Å². The molecular weight excluding hydrogens is 311 g/mol. The summed E-state index contributed by atoms with van der Waals surface area (Å²) >= 11 is 0. The summed E-state index contributed by atoms with van der Waals surface area (Å²) in [5, 5.41) is 9.13. The summed E-state index contributed by atoms with van der Waals surface area (Å²) in [5.74, 6) is -2.41. The first-order valence-corrected chi connectivity index (χ1v) is 7.50. The zero-order valence-electron chi connectivity index (χ0n) is 12.2. The van der Waals surface area contributed by atoms with Crippen LogP contribution >= 0.6 is 0 Å². The topological polar surface area (TPSA) is 57.6 Å². The number of halogens is 3. The molecule has 1 saturated carbocycles. The van der Waals surface area contributed by atoms with Gasteiger partial charge in [-0.2, -0.15) is 13.2 Å². The first kappa shape index (κ1) is 15.8. The van der Waals surface area contributed by atoms with Crippen LogP contribution < -0.4 is 0 Å². The zero-order chi connectivity index (χ0) is 16.8. The number of alkyl halides is 3. The van der Waals surface area contributed by atoms with E-state index in [-0.39, 0.29) is 11.5 Å². The Balaban J connectivity index is 1.78. The minimum atomic E-state index is -4.45. The molecule has 0 bridgehead atoms. The van der Waals surface area contributed by atoms with Gasteiger partial charge in [0.2, 0.25) is 5.91 Å². The van der Waals surface area contributed by atoms with Crippen molar-refractivity contribution < 1.29 is 27.9 Å². The van der Waals surface area contributed by atoms with E-state index in [1.54, 1.807) is 0 Å². The highest BCUT2D eigenvalue weighted by atomic mass is 19.4. The molecular formula is C16H16F3NO3. The molecule has 1 saturated heterocycles. The van der Waals surface area contributed by atoms with E-state index in [1.165, 1.54) is 23.1 Å². The van der Waals surface area contributed by atoms with Crippen LogP contribution in [0.25, 0.3) is 0 Å². The molecule has 1 heterocycles. The van der Waals surface area contributed by atoms with Crippen LogP contribution in [0.1, 0.15) is 36.3 Å². The third-order valence-electron chi connectivity index (χ3n) is 4.59. The van der Waals surface area contributed by atoms with Gasteiger partial charge in [0.1, 0.15) is 6.04 Å². The van der Waals surface area contributed by atoms with Crippen molar-refractivity contribution in [1.29, 1.82) is 0 Å². The lowest BCUT2D eigenvalue weighted by molar-refractivity contribution is -0.148. The largest absolute Gasteiger partial charge is 0.480 e. The molecule has 4 nitrogen and oxygen atoms in total. The number of rotatable bonds is 3. The molecule has 1 aromatic carbocycles. The molecule has 1 aliphatic heterocycles. The summed E-state index contributed by atoms with van der Waals surface area (Å²) in [5.41, 5.74) is -0.582. The van der Waals surface area contributed by atoms with Gasteiger partial charge in [0, 0.05) is 12.5 Å². The fourth-order valence-electron chi connectivity index (χ4n) is 3.39. The number of benzene rings is 1. The Morgan fingerprint density at radius 3 is 2.57 bits per heavy atom. The monoisotopic (exact) mass is 327 g/mol. The molecule has 0 radical (unpaired) electrons. The molecule has 7 heteroatoms. The van der Waals surface area contributed by atoms with Crippen LogP contribution in [0.2, 0.25) is 0 Å². The Hall–Kier alpha value is -2.05. The fourth-order valence-corrected chi connectivity index (χ4v) is 3.39. The second-order valence-electron chi connectivity index (χ2n) is 6.06. The maximum Gasteiger partial charge on any atom is 0.416 e. The van der Waals surface area contributed by atoms with Crippen molar-refractivity contribution in [1.82, 2.24) is 4.90 Å². The van der Waals surface area contributed by atoms with Crippen LogP contribution in [-0.2, 0) is 15.8 Å². The van der Waals surface area contributed by atoms with Crippen LogP contribution in [0.4, 0.5) is 13.2 Å². The van der Waals surface area contributed by atoms with E-state index in [0.29, 0.717) is 25.8 Å². The lowest BCUT2D eigenvalue weighted by Gasteiger charge is -2.21. The molecule has 0 aromatic heterocycles. The molecule has 1 aliphatic carbocycles. The molecule has 1 aromatic rings. The Bertz CT molecular complexity index is 644. The normalized spacial score (nSPS) is 27.1. The lowest BCUT2D eigenvalue weighted by atomic mass is 10.0. The molecule has 1 amide bonds. The molecule has 3 atom stereocenters. The maximum absolute atomic E-state index is 13.1. The van der Waals surface area contributed by atoms with Crippen molar-refractivity contribution in [3.05, 3.63) is 35.4 Å². The number of likely N-dealkylation sites (tertiary alicyclic amines) is 1. The number of carboxylic acid groups (broad SMARTS) is 1. The third-order valence-corrected chi connectivity index (χ3v) is 4.59. The Labute approximate surface area is 130 Å². The number of carbonyl (C=O) groups is 2. The predicted molar refractivity (Wildman–Crippen MR) is 74.7 cm³/mol. The molecule has 3 rings (SSSR count). The van der Waals surface area contributed by atoms with Gasteiger partial charge in [-0.25, -0.2) is 4.79 Å².